The number of nitrogens with zero attached hydrogens (tertiary/aromatic N) is 2. The van der Waals surface area contributed by atoms with Crippen molar-refractivity contribution in [1.29, 1.82) is 0 Å². The quantitative estimate of drug-likeness (QED) is 0.749. The summed E-state index contributed by atoms with van der Waals surface area (Å²) in [5, 5.41) is 0. The van der Waals surface area contributed by atoms with E-state index in [1.54, 1.807) is 11.9 Å². The lowest BCUT2D eigenvalue weighted by Crippen LogP contribution is -2.42. The van der Waals surface area contributed by atoms with E-state index in [1.807, 2.05) is 24.3 Å². The first-order valence-corrected chi connectivity index (χ1v) is 10.4. The molecule has 1 aromatic rings. The zero-order valence-electron chi connectivity index (χ0n) is 13.3. The first-order chi connectivity index (χ1) is 11.3. The first-order valence-electron chi connectivity index (χ1n) is 7.80. The van der Waals surface area contributed by atoms with Crippen LogP contribution in [0.15, 0.2) is 28.7 Å². The molecule has 0 spiro atoms. The third-order valence-electron chi connectivity index (χ3n) is 4.70. The van der Waals surface area contributed by atoms with Gasteiger partial charge in [0, 0.05) is 36.2 Å². The standard InChI is InChI=1S/C16H19BrN2O4S/c1-18(14-5-6-24(22,23)10-14)16(21)11-7-15(20)19(9-11)13-4-2-3-12(17)8-13/h2-4,8,11,14H,5-7,9-10H2,1H3/t11-,14-/m1/s1. The van der Waals surface area contributed by atoms with E-state index in [0.717, 1.165) is 10.2 Å². The summed E-state index contributed by atoms with van der Waals surface area (Å²) < 4.78 is 24.1. The predicted octanol–water partition coefficient (Wildman–Crippen LogP) is 1.45. The average molecular weight is 415 g/mol. The molecule has 2 aliphatic heterocycles. The third-order valence-corrected chi connectivity index (χ3v) is 6.94. The average Bonchev–Trinajstić information content (AvgIpc) is 3.08. The highest BCUT2D eigenvalue weighted by Gasteiger charge is 2.40. The number of amides is 2. The van der Waals surface area contributed by atoms with E-state index in [2.05, 4.69) is 15.9 Å². The molecule has 130 valence electrons. The van der Waals surface area contributed by atoms with Crippen LogP contribution in [-0.2, 0) is 19.4 Å². The van der Waals surface area contributed by atoms with Crippen LogP contribution in [0.2, 0.25) is 0 Å². The van der Waals surface area contributed by atoms with Gasteiger partial charge in [-0.2, -0.15) is 0 Å². The van der Waals surface area contributed by atoms with Crippen molar-refractivity contribution < 1.29 is 18.0 Å². The minimum Gasteiger partial charge on any atom is -0.341 e. The number of anilines is 1. The summed E-state index contributed by atoms with van der Waals surface area (Å²) >= 11 is 3.38. The Kier molecular flexibility index (Phi) is 4.70. The van der Waals surface area contributed by atoms with Gasteiger partial charge in [-0.3, -0.25) is 9.59 Å². The van der Waals surface area contributed by atoms with Crippen LogP contribution in [0.3, 0.4) is 0 Å². The number of carbonyl (C=O) groups is 2. The van der Waals surface area contributed by atoms with Crippen LogP contribution in [0.25, 0.3) is 0 Å². The fraction of sp³-hybridized carbons (Fsp3) is 0.500. The lowest BCUT2D eigenvalue weighted by Gasteiger charge is -2.26. The van der Waals surface area contributed by atoms with E-state index >= 15 is 0 Å². The van der Waals surface area contributed by atoms with Crippen molar-refractivity contribution in [3.8, 4) is 0 Å². The van der Waals surface area contributed by atoms with E-state index in [-0.39, 0.29) is 35.8 Å². The lowest BCUT2D eigenvalue weighted by molar-refractivity contribution is -0.136. The van der Waals surface area contributed by atoms with Crippen LogP contribution < -0.4 is 4.90 Å². The maximum atomic E-state index is 12.7. The highest BCUT2D eigenvalue weighted by atomic mass is 79.9. The van der Waals surface area contributed by atoms with Gasteiger partial charge in [0.25, 0.3) is 0 Å². The van der Waals surface area contributed by atoms with E-state index < -0.39 is 15.8 Å². The Morgan fingerprint density at radius 3 is 2.75 bits per heavy atom. The van der Waals surface area contributed by atoms with Crippen molar-refractivity contribution in [1.82, 2.24) is 4.90 Å². The largest absolute Gasteiger partial charge is 0.341 e. The molecule has 2 atom stereocenters. The highest BCUT2D eigenvalue weighted by Crippen LogP contribution is 2.29. The Hall–Kier alpha value is -1.41. The molecular weight excluding hydrogens is 396 g/mol. The third kappa shape index (κ3) is 3.49. The van der Waals surface area contributed by atoms with Gasteiger partial charge in [0.1, 0.15) is 0 Å². The van der Waals surface area contributed by atoms with Gasteiger partial charge in [-0.1, -0.05) is 22.0 Å². The van der Waals surface area contributed by atoms with E-state index in [0.29, 0.717) is 13.0 Å². The van der Waals surface area contributed by atoms with Gasteiger partial charge in [-0.15, -0.1) is 0 Å². The second kappa shape index (κ2) is 6.48. The summed E-state index contributed by atoms with van der Waals surface area (Å²) in [6, 6.07) is 7.12. The second-order valence-corrected chi connectivity index (χ2v) is 9.54. The van der Waals surface area contributed by atoms with Crippen LogP contribution >= 0.6 is 15.9 Å². The summed E-state index contributed by atoms with van der Waals surface area (Å²) in [6.45, 7) is 0.331. The summed E-state index contributed by atoms with van der Waals surface area (Å²) in [7, 11) is -1.40. The fourth-order valence-electron chi connectivity index (χ4n) is 3.32. The molecule has 0 aromatic heterocycles. The number of carbonyl (C=O) groups excluding carboxylic acids is 2. The van der Waals surface area contributed by atoms with Gasteiger partial charge >= 0.3 is 0 Å². The van der Waals surface area contributed by atoms with E-state index in [1.165, 1.54) is 4.90 Å². The molecule has 0 unspecified atom stereocenters. The van der Waals surface area contributed by atoms with Crippen LogP contribution in [0.5, 0.6) is 0 Å². The topological polar surface area (TPSA) is 74.8 Å². The molecule has 8 heteroatoms. The maximum absolute atomic E-state index is 12.7. The Morgan fingerprint density at radius 2 is 2.12 bits per heavy atom. The number of rotatable bonds is 3. The smallest absolute Gasteiger partial charge is 0.228 e. The minimum atomic E-state index is -3.04. The SMILES string of the molecule is CN(C(=O)[C@@H]1CC(=O)N(c2cccc(Br)c2)C1)[C@@H]1CCS(=O)(=O)C1. The van der Waals surface area contributed by atoms with Gasteiger partial charge in [0.2, 0.25) is 11.8 Å². The van der Waals surface area contributed by atoms with Crippen LogP contribution in [0.1, 0.15) is 12.8 Å². The normalized spacial score (nSPS) is 25.9. The molecule has 1 aromatic carbocycles. The summed E-state index contributed by atoms with van der Waals surface area (Å²) in [5.74, 6) is -0.513. The van der Waals surface area contributed by atoms with Gasteiger partial charge in [-0.25, -0.2) is 8.42 Å². The molecule has 24 heavy (non-hydrogen) atoms. The van der Waals surface area contributed by atoms with E-state index in [4.69, 9.17) is 0 Å². The molecule has 0 aliphatic carbocycles. The van der Waals surface area contributed by atoms with Crippen LogP contribution in [0, 0.1) is 5.92 Å². The first kappa shape index (κ1) is 17.4. The number of halogens is 1. The Bertz CT molecular complexity index is 780. The molecule has 0 N–H and O–H groups in total. The molecule has 2 amide bonds. The van der Waals surface area contributed by atoms with Gasteiger partial charge in [0.15, 0.2) is 9.84 Å². The van der Waals surface area contributed by atoms with Gasteiger partial charge < -0.3 is 9.80 Å². The highest BCUT2D eigenvalue weighted by molar-refractivity contribution is 9.10. The molecule has 3 rings (SSSR count). The molecule has 0 saturated carbocycles. The van der Waals surface area contributed by atoms with Gasteiger partial charge in [0.05, 0.1) is 17.4 Å². The monoisotopic (exact) mass is 414 g/mol. The van der Waals surface area contributed by atoms with Crippen LogP contribution in [-0.4, -0.2) is 56.3 Å². The van der Waals surface area contributed by atoms with Gasteiger partial charge in [-0.05, 0) is 24.6 Å². The fourth-order valence-corrected chi connectivity index (χ4v) is 5.48. The minimum absolute atomic E-state index is 0.0191. The van der Waals surface area contributed by atoms with Crippen molar-refractivity contribution >= 4 is 43.3 Å². The number of benzene rings is 1. The molecular formula is C16H19BrN2O4S. The molecule has 0 radical (unpaired) electrons. The molecule has 0 bridgehead atoms. The molecule has 2 saturated heterocycles. The van der Waals surface area contributed by atoms with Crippen molar-refractivity contribution in [2.75, 3.05) is 30.0 Å². The summed E-state index contributed by atoms with van der Waals surface area (Å²) in [6.07, 6.45) is 0.635. The van der Waals surface area contributed by atoms with E-state index in [9.17, 15) is 18.0 Å². The maximum Gasteiger partial charge on any atom is 0.228 e. The summed E-state index contributed by atoms with van der Waals surface area (Å²) in [4.78, 5) is 28.1. The molecule has 2 fully saturated rings. The predicted molar refractivity (Wildman–Crippen MR) is 94.4 cm³/mol. The molecule has 2 heterocycles. The zero-order valence-corrected chi connectivity index (χ0v) is 15.7. The Labute approximate surface area is 149 Å². The molecule has 6 nitrogen and oxygen atoms in total. The Balaban J connectivity index is 1.70. The lowest BCUT2D eigenvalue weighted by atomic mass is 10.1. The van der Waals surface area contributed by atoms with Crippen molar-refractivity contribution in [3.05, 3.63) is 28.7 Å². The van der Waals surface area contributed by atoms with Crippen molar-refractivity contribution in [2.45, 2.75) is 18.9 Å². The van der Waals surface area contributed by atoms with Crippen molar-refractivity contribution in [2.24, 2.45) is 5.92 Å². The number of hydrogen-bond acceptors (Lipinski definition) is 4. The van der Waals surface area contributed by atoms with Crippen molar-refractivity contribution in [3.63, 3.8) is 0 Å². The zero-order chi connectivity index (χ0) is 17.5. The second-order valence-electron chi connectivity index (χ2n) is 6.39. The number of hydrogen-bond donors (Lipinski definition) is 0. The number of sulfone groups is 1. The summed E-state index contributed by atoms with van der Waals surface area (Å²) in [5.41, 5.74) is 0.760. The van der Waals surface area contributed by atoms with Crippen LogP contribution in [0.4, 0.5) is 5.69 Å². The molecule has 2 aliphatic rings. The Morgan fingerprint density at radius 1 is 1.38 bits per heavy atom.